The molecule has 21 heavy (non-hydrogen) atoms. The normalized spacial score (nSPS) is 10.9. The standard InChI is InChI=1S/C15H17ClFN3O/c1-10(2)7-18-13-6-15(21)20(19-8-13)9-11-5-12(16)3-4-14(11)17/h3-6,8,10,18H,7,9H2,1-2H3. The summed E-state index contributed by atoms with van der Waals surface area (Å²) in [6.45, 7) is 4.96. The van der Waals surface area contributed by atoms with E-state index in [0.717, 1.165) is 6.54 Å². The maximum Gasteiger partial charge on any atom is 0.269 e. The molecule has 6 heteroatoms. The largest absolute Gasteiger partial charge is 0.383 e. The zero-order chi connectivity index (χ0) is 15.4. The number of hydrogen-bond donors (Lipinski definition) is 1. The predicted molar refractivity (Wildman–Crippen MR) is 82.3 cm³/mol. The molecular formula is C15H17ClFN3O. The zero-order valence-electron chi connectivity index (χ0n) is 11.9. The summed E-state index contributed by atoms with van der Waals surface area (Å²) in [6, 6.07) is 5.70. The lowest BCUT2D eigenvalue weighted by Gasteiger charge is -2.10. The Hall–Kier alpha value is -1.88. The summed E-state index contributed by atoms with van der Waals surface area (Å²) >= 11 is 5.83. The molecule has 0 atom stereocenters. The Labute approximate surface area is 127 Å². The maximum absolute atomic E-state index is 13.7. The summed E-state index contributed by atoms with van der Waals surface area (Å²) in [5, 5.41) is 7.61. The van der Waals surface area contributed by atoms with Crippen molar-refractivity contribution >= 4 is 17.3 Å². The van der Waals surface area contributed by atoms with Crippen LogP contribution in [-0.4, -0.2) is 16.3 Å². The summed E-state index contributed by atoms with van der Waals surface area (Å²) in [5.41, 5.74) is 0.708. The number of hydrogen-bond acceptors (Lipinski definition) is 3. The van der Waals surface area contributed by atoms with E-state index in [2.05, 4.69) is 24.3 Å². The van der Waals surface area contributed by atoms with Gasteiger partial charge in [0.2, 0.25) is 0 Å². The fraction of sp³-hybridized carbons (Fsp3) is 0.333. The van der Waals surface area contributed by atoms with E-state index >= 15 is 0 Å². The summed E-state index contributed by atoms with van der Waals surface area (Å²) in [5.74, 6) is 0.0584. The van der Waals surface area contributed by atoms with Crippen LogP contribution in [0.15, 0.2) is 35.3 Å². The first kappa shape index (κ1) is 15.5. The van der Waals surface area contributed by atoms with Gasteiger partial charge in [-0.1, -0.05) is 25.4 Å². The number of nitrogens with zero attached hydrogens (tertiary/aromatic N) is 2. The smallest absolute Gasteiger partial charge is 0.269 e. The molecule has 0 aliphatic rings. The molecule has 0 saturated carbocycles. The van der Waals surface area contributed by atoms with Crippen molar-refractivity contribution in [3.8, 4) is 0 Å². The Morgan fingerprint density at radius 1 is 1.38 bits per heavy atom. The molecule has 0 aliphatic carbocycles. The minimum Gasteiger partial charge on any atom is -0.383 e. The number of halogens is 2. The second kappa shape index (κ2) is 6.72. The van der Waals surface area contributed by atoms with Gasteiger partial charge in [0, 0.05) is 23.2 Å². The second-order valence-corrected chi connectivity index (χ2v) is 5.69. The number of rotatable bonds is 5. The van der Waals surface area contributed by atoms with Crippen molar-refractivity contribution in [2.75, 3.05) is 11.9 Å². The first-order valence-corrected chi connectivity index (χ1v) is 7.08. The Morgan fingerprint density at radius 2 is 2.14 bits per heavy atom. The molecule has 0 radical (unpaired) electrons. The lowest BCUT2D eigenvalue weighted by Crippen LogP contribution is -2.24. The van der Waals surface area contributed by atoms with Crippen LogP contribution in [0.4, 0.5) is 10.1 Å². The number of nitrogens with one attached hydrogen (secondary N) is 1. The third kappa shape index (κ3) is 4.29. The van der Waals surface area contributed by atoms with Crippen LogP contribution in [0.2, 0.25) is 5.02 Å². The molecule has 2 aromatic rings. The molecular weight excluding hydrogens is 293 g/mol. The summed E-state index contributed by atoms with van der Waals surface area (Å²) < 4.78 is 14.9. The van der Waals surface area contributed by atoms with Crippen molar-refractivity contribution in [2.24, 2.45) is 5.92 Å². The van der Waals surface area contributed by atoms with E-state index in [9.17, 15) is 9.18 Å². The van der Waals surface area contributed by atoms with E-state index in [-0.39, 0.29) is 12.1 Å². The van der Waals surface area contributed by atoms with Gasteiger partial charge in [0.1, 0.15) is 5.82 Å². The van der Waals surface area contributed by atoms with Crippen LogP contribution in [0.3, 0.4) is 0 Å². The van der Waals surface area contributed by atoms with Gasteiger partial charge < -0.3 is 5.32 Å². The van der Waals surface area contributed by atoms with Gasteiger partial charge >= 0.3 is 0 Å². The molecule has 1 heterocycles. The molecule has 0 aliphatic heterocycles. The van der Waals surface area contributed by atoms with E-state index in [4.69, 9.17) is 11.6 Å². The van der Waals surface area contributed by atoms with Crippen molar-refractivity contribution in [3.63, 3.8) is 0 Å². The summed E-state index contributed by atoms with van der Waals surface area (Å²) in [4.78, 5) is 12.0. The molecule has 1 aromatic heterocycles. The molecule has 1 N–H and O–H groups in total. The van der Waals surface area contributed by atoms with Gasteiger partial charge in [0.15, 0.2) is 0 Å². The number of benzene rings is 1. The highest BCUT2D eigenvalue weighted by molar-refractivity contribution is 6.30. The first-order chi connectivity index (χ1) is 9.95. The highest BCUT2D eigenvalue weighted by atomic mass is 35.5. The van der Waals surface area contributed by atoms with Gasteiger partial charge in [-0.3, -0.25) is 4.79 Å². The van der Waals surface area contributed by atoms with Crippen molar-refractivity contribution in [1.29, 1.82) is 0 Å². The molecule has 0 unspecified atom stereocenters. The van der Waals surface area contributed by atoms with Crippen LogP contribution in [0, 0.1) is 11.7 Å². The first-order valence-electron chi connectivity index (χ1n) is 6.70. The fourth-order valence-electron chi connectivity index (χ4n) is 1.80. The van der Waals surface area contributed by atoms with E-state index in [1.807, 2.05) is 0 Å². The van der Waals surface area contributed by atoms with Gasteiger partial charge in [-0.05, 0) is 24.1 Å². The van der Waals surface area contributed by atoms with E-state index in [1.165, 1.54) is 28.9 Å². The molecule has 2 rings (SSSR count). The molecule has 112 valence electrons. The highest BCUT2D eigenvalue weighted by Gasteiger charge is 2.07. The maximum atomic E-state index is 13.7. The van der Waals surface area contributed by atoms with Gasteiger partial charge in [-0.25, -0.2) is 9.07 Å². The Balaban J connectivity index is 2.18. The van der Waals surface area contributed by atoms with E-state index in [0.29, 0.717) is 22.2 Å². The average Bonchev–Trinajstić information content (AvgIpc) is 2.43. The fourth-order valence-corrected chi connectivity index (χ4v) is 1.99. The minimum atomic E-state index is -0.407. The van der Waals surface area contributed by atoms with Crippen LogP contribution in [0.5, 0.6) is 0 Å². The predicted octanol–water partition coefficient (Wildman–Crippen LogP) is 3.15. The van der Waals surface area contributed by atoms with Crippen LogP contribution < -0.4 is 10.9 Å². The molecule has 0 fully saturated rings. The highest BCUT2D eigenvalue weighted by Crippen LogP contribution is 2.15. The van der Waals surface area contributed by atoms with Crippen LogP contribution in [-0.2, 0) is 6.54 Å². The van der Waals surface area contributed by atoms with Crippen molar-refractivity contribution in [3.05, 3.63) is 57.2 Å². The van der Waals surface area contributed by atoms with E-state index < -0.39 is 5.82 Å². The quantitative estimate of drug-likeness (QED) is 0.923. The summed E-state index contributed by atoms with van der Waals surface area (Å²) in [7, 11) is 0. The average molecular weight is 310 g/mol. The van der Waals surface area contributed by atoms with Gasteiger partial charge in [0.05, 0.1) is 18.4 Å². The molecule has 0 amide bonds. The molecule has 0 saturated heterocycles. The number of aromatic nitrogens is 2. The molecule has 0 spiro atoms. The SMILES string of the molecule is CC(C)CNc1cnn(Cc2cc(Cl)ccc2F)c(=O)c1. The minimum absolute atomic E-state index is 0.0513. The van der Waals surface area contributed by atoms with Gasteiger partial charge in [-0.2, -0.15) is 5.10 Å². The van der Waals surface area contributed by atoms with Gasteiger partial charge in [0.25, 0.3) is 5.56 Å². The zero-order valence-corrected chi connectivity index (χ0v) is 12.7. The second-order valence-electron chi connectivity index (χ2n) is 5.25. The molecule has 1 aromatic carbocycles. The summed E-state index contributed by atoms with van der Waals surface area (Å²) in [6.07, 6.45) is 1.56. The third-order valence-corrected chi connectivity index (χ3v) is 3.15. The number of anilines is 1. The van der Waals surface area contributed by atoms with Crippen LogP contribution >= 0.6 is 11.6 Å². The van der Waals surface area contributed by atoms with Crippen LogP contribution in [0.1, 0.15) is 19.4 Å². The Morgan fingerprint density at radius 3 is 2.81 bits per heavy atom. The van der Waals surface area contributed by atoms with Gasteiger partial charge in [-0.15, -0.1) is 0 Å². The lowest BCUT2D eigenvalue weighted by molar-refractivity contribution is 0.572. The van der Waals surface area contributed by atoms with Crippen molar-refractivity contribution in [1.82, 2.24) is 9.78 Å². The third-order valence-electron chi connectivity index (χ3n) is 2.91. The lowest BCUT2D eigenvalue weighted by atomic mass is 10.2. The molecule has 4 nitrogen and oxygen atoms in total. The molecule has 0 bridgehead atoms. The van der Waals surface area contributed by atoms with Crippen molar-refractivity contribution < 1.29 is 4.39 Å². The topological polar surface area (TPSA) is 46.9 Å². The van der Waals surface area contributed by atoms with E-state index in [1.54, 1.807) is 6.20 Å². The Kier molecular flexibility index (Phi) is 4.96. The van der Waals surface area contributed by atoms with Crippen LogP contribution in [0.25, 0.3) is 0 Å². The Bertz CT molecular complexity index is 685. The van der Waals surface area contributed by atoms with Crippen molar-refractivity contribution in [2.45, 2.75) is 20.4 Å². The monoisotopic (exact) mass is 309 g/mol.